The number of hydrogen-bond donors (Lipinski definition) is 1. The Kier molecular flexibility index (Phi) is 4.93. The standard InChI is InChI=1S/C15H18FNOS/c1-11(17-2)15-13(16)6-3-7-14(15)18-9-8-12-5-4-10-19-12/h3-7,10-11,17H,8-9H2,1-2H3. The van der Waals surface area contributed by atoms with Gasteiger partial charge in [-0.2, -0.15) is 0 Å². The second kappa shape index (κ2) is 6.68. The van der Waals surface area contributed by atoms with Crippen LogP contribution >= 0.6 is 11.3 Å². The maximum absolute atomic E-state index is 13.9. The molecule has 2 rings (SSSR count). The fraction of sp³-hybridized carbons (Fsp3) is 0.333. The Hall–Kier alpha value is -1.39. The first-order chi connectivity index (χ1) is 9.22. The van der Waals surface area contributed by atoms with Crippen molar-refractivity contribution >= 4 is 11.3 Å². The highest BCUT2D eigenvalue weighted by molar-refractivity contribution is 7.09. The molecule has 0 saturated heterocycles. The number of nitrogens with one attached hydrogen (secondary N) is 1. The van der Waals surface area contributed by atoms with Gasteiger partial charge in [0.2, 0.25) is 0 Å². The van der Waals surface area contributed by atoms with E-state index in [-0.39, 0.29) is 11.9 Å². The van der Waals surface area contributed by atoms with E-state index in [1.807, 2.05) is 31.5 Å². The molecule has 1 aromatic carbocycles. The predicted molar refractivity (Wildman–Crippen MR) is 77.4 cm³/mol. The van der Waals surface area contributed by atoms with E-state index in [4.69, 9.17) is 4.74 Å². The van der Waals surface area contributed by atoms with Crippen LogP contribution in [0.2, 0.25) is 0 Å². The third-order valence-corrected chi connectivity index (χ3v) is 4.00. The van der Waals surface area contributed by atoms with Crippen LogP contribution in [0.3, 0.4) is 0 Å². The van der Waals surface area contributed by atoms with Crippen LogP contribution in [0.1, 0.15) is 23.4 Å². The molecule has 0 bridgehead atoms. The van der Waals surface area contributed by atoms with Gasteiger partial charge in [0.25, 0.3) is 0 Å². The average molecular weight is 279 g/mol. The number of ether oxygens (including phenoxy) is 1. The Morgan fingerprint density at radius 2 is 2.16 bits per heavy atom. The monoisotopic (exact) mass is 279 g/mol. The molecule has 0 spiro atoms. The minimum Gasteiger partial charge on any atom is -0.493 e. The van der Waals surface area contributed by atoms with Gasteiger partial charge < -0.3 is 10.1 Å². The summed E-state index contributed by atoms with van der Waals surface area (Å²) < 4.78 is 19.6. The molecule has 0 aliphatic carbocycles. The van der Waals surface area contributed by atoms with Gasteiger partial charge in [-0.3, -0.25) is 0 Å². The largest absolute Gasteiger partial charge is 0.493 e. The van der Waals surface area contributed by atoms with Gasteiger partial charge in [-0.25, -0.2) is 4.39 Å². The molecule has 0 amide bonds. The summed E-state index contributed by atoms with van der Waals surface area (Å²) in [6.45, 7) is 2.48. The molecule has 19 heavy (non-hydrogen) atoms. The smallest absolute Gasteiger partial charge is 0.131 e. The lowest BCUT2D eigenvalue weighted by molar-refractivity contribution is 0.313. The molecule has 1 heterocycles. The molecule has 4 heteroatoms. The molecular formula is C15H18FNOS. The van der Waals surface area contributed by atoms with Crippen LogP contribution in [0.25, 0.3) is 0 Å². The van der Waals surface area contributed by atoms with E-state index >= 15 is 0 Å². The van der Waals surface area contributed by atoms with Crippen molar-refractivity contribution in [2.75, 3.05) is 13.7 Å². The van der Waals surface area contributed by atoms with Crippen LogP contribution in [0.15, 0.2) is 35.7 Å². The average Bonchev–Trinajstić information content (AvgIpc) is 2.91. The highest BCUT2D eigenvalue weighted by Crippen LogP contribution is 2.27. The highest BCUT2D eigenvalue weighted by Gasteiger charge is 2.15. The predicted octanol–water partition coefficient (Wildman–Crippen LogP) is 3.79. The highest BCUT2D eigenvalue weighted by atomic mass is 32.1. The maximum atomic E-state index is 13.9. The van der Waals surface area contributed by atoms with Crippen LogP contribution in [0.4, 0.5) is 4.39 Å². The van der Waals surface area contributed by atoms with E-state index in [0.29, 0.717) is 17.9 Å². The van der Waals surface area contributed by atoms with Gasteiger partial charge >= 0.3 is 0 Å². The van der Waals surface area contributed by atoms with E-state index < -0.39 is 0 Å². The van der Waals surface area contributed by atoms with Gasteiger partial charge in [0, 0.05) is 22.9 Å². The van der Waals surface area contributed by atoms with Gasteiger partial charge in [0.05, 0.1) is 6.61 Å². The number of hydrogen-bond acceptors (Lipinski definition) is 3. The Morgan fingerprint density at radius 3 is 2.84 bits per heavy atom. The molecule has 102 valence electrons. The topological polar surface area (TPSA) is 21.3 Å². The zero-order chi connectivity index (χ0) is 13.7. The molecule has 0 aliphatic rings. The molecule has 2 aromatic rings. The minimum absolute atomic E-state index is 0.0714. The zero-order valence-electron chi connectivity index (χ0n) is 11.2. The number of thiophene rings is 1. The van der Waals surface area contributed by atoms with E-state index in [9.17, 15) is 4.39 Å². The quantitative estimate of drug-likeness (QED) is 0.868. The van der Waals surface area contributed by atoms with Crippen LogP contribution in [0, 0.1) is 5.82 Å². The first kappa shape index (κ1) is 14.0. The lowest BCUT2D eigenvalue weighted by Gasteiger charge is -2.17. The van der Waals surface area contributed by atoms with Crippen molar-refractivity contribution in [1.29, 1.82) is 0 Å². The van der Waals surface area contributed by atoms with Crippen molar-refractivity contribution < 1.29 is 9.13 Å². The van der Waals surface area contributed by atoms with Crippen molar-refractivity contribution in [1.82, 2.24) is 5.32 Å². The summed E-state index contributed by atoms with van der Waals surface area (Å²) in [4.78, 5) is 1.28. The first-order valence-electron chi connectivity index (χ1n) is 6.33. The van der Waals surface area contributed by atoms with Crippen LogP contribution < -0.4 is 10.1 Å². The van der Waals surface area contributed by atoms with Crippen molar-refractivity contribution in [2.24, 2.45) is 0 Å². The Balaban J connectivity index is 2.05. The van der Waals surface area contributed by atoms with Gasteiger partial charge in [-0.15, -0.1) is 11.3 Å². The summed E-state index contributed by atoms with van der Waals surface area (Å²) in [6.07, 6.45) is 0.849. The number of rotatable bonds is 6. The molecule has 2 nitrogen and oxygen atoms in total. The third-order valence-electron chi connectivity index (χ3n) is 3.07. The second-order valence-corrected chi connectivity index (χ2v) is 5.37. The summed E-state index contributed by atoms with van der Waals surface area (Å²) in [7, 11) is 1.81. The lowest BCUT2D eigenvalue weighted by Crippen LogP contribution is -2.16. The molecule has 0 radical (unpaired) electrons. The normalized spacial score (nSPS) is 12.4. The molecule has 0 saturated carbocycles. The van der Waals surface area contributed by atoms with E-state index in [0.717, 1.165) is 6.42 Å². The van der Waals surface area contributed by atoms with Crippen LogP contribution in [-0.4, -0.2) is 13.7 Å². The summed E-state index contributed by atoms with van der Waals surface area (Å²) in [5.41, 5.74) is 0.594. The molecule has 1 N–H and O–H groups in total. The van der Waals surface area contributed by atoms with Gasteiger partial charge in [0.1, 0.15) is 11.6 Å². The first-order valence-corrected chi connectivity index (χ1v) is 7.21. The molecule has 1 atom stereocenters. The van der Waals surface area contributed by atoms with E-state index in [1.54, 1.807) is 17.4 Å². The Labute approximate surface area is 117 Å². The van der Waals surface area contributed by atoms with Gasteiger partial charge in [-0.05, 0) is 37.6 Å². The lowest BCUT2D eigenvalue weighted by atomic mass is 10.1. The summed E-state index contributed by atoms with van der Waals surface area (Å²) in [5.74, 6) is 0.397. The Morgan fingerprint density at radius 1 is 1.32 bits per heavy atom. The summed E-state index contributed by atoms with van der Waals surface area (Å²) >= 11 is 1.71. The minimum atomic E-state index is -0.226. The third kappa shape index (κ3) is 3.55. The van der Waals surface area contributed by atoms with Crippen LogP contribution in [0.5, 0.6) is 5.75 Å². The maximum Gasteiger partial charge on any atom is 0.131 e. The van der Waals surface area contributed by atoms with Crippen LogP contribution in [-0.2, 0) is 6.42 Å². The number of halogens is 1. The second-order valence-electron chi connectivity index (χ2n) is 4.34. The molecule has 0 fully saturated rings. The molecule has 1 aromatic heterocycles. The number of benzene rings is 1. The SMILES string of the molecule is CNC(C)c1c(F)cccc1OCCc1cccs1. The Bertz CT molecular complexity index is 513. The fourth-order valence-electron chi connectivity index (χ4n) is 1.92. The van der Waals surface area contributed by atoms with Gasteiger partial charge in [-0.1, -0.05) is 12.1 Å². The summed E-state index contributed by atoms with van der Waals surface area (Å²) in [6, 6.07) is 9.00. The zero-order valence-corrected chi connectivity index (χ0v) is 12.0. The van der Waals surface area contributed by atoms with Crippen molar-refractivity contribution in [3.63, 3.8) is 0 Å². The van der Waals surface area contributed by atoms with Crippen molar-refractivity contribution in [3.05, 3.63) is 52.0 Å². The van der Waals surface area contributed by atoms with Crippen molar-refractivity contribution in [3.8, 4) is 5.75 Å². The van der Waals surface area contributed by atoms with Gasteiger partial charge in [0.15, 0.2) is 0 Å². The van der Waals surface area contributed by atoms with Crippen molar-refractivity contribution in [2.45, 2.75) is 19.4 Å². The molecule has 1 unspecified atom stereocenters. The molecule has 0 aliphatic heterocycles. The van der Waals surface area contributed by atoms with E-state index in [2.05, 4.69) is 11.4 Å². The summed E-state index contributed by atoms with van der Waals surface area (Å²) in [5, 5.41) is 5.10. The fourth-order valence-corrected chi connectivity index (χ4v) is 2.61. The van der Waals surface area contributed by atoms with E-state index in [1.165, 1.54) is 10.9 Å². The molecular weight excluding hydrogens is 261 g/mol.